The van der Waals surface area contributed by atoms with Crippen LogP contribution in [0.25, 0.3) is 11.0 Å². The number of hydrogen-bond acceptors (Lipinski definition) is 4. The van der Waals surface area contributed by atoms with Gasteiger partial charge < -0.3 is 14.5 Å². The number of nitrogens with one attached hydrogen (secondary N) is 1. The maximum absolute atomic E-state index is 12.0. The molecule has 2 rings (SSSR count). The topological polar surface area (TPSA) is 68.5 Å². The molecule has 112 valence electrons. The van der Waals surface area contributed by atoms with Crippen molar-refractivity contribution < 1.29 is 18.7 Å². The number of carbonyl (C=O) groups is 2. The van der Waals surface area contributed by atoms with Gasteiger partial charge in [-0.1, -0.05) is 12.1 Å². The molecule has 0 saturated heterocycles. The lowest BCUT2D eigenvalue weighted by atomic mass is 10.2. The van der Waals surface area contributed by atoms with Crippen molar-refractivity contribution in [2.24, 2.45) is 0 Å². The quantitative estimate of drug-likeness (QED) is 0.876. The van der Waals surface area contributed by atoms with Crippen molar-refractivity contribution in [1.29, 1.82) is 0 Å². The highest BCUT2D eigenvalue weighted by Gasteiger charge is 2.20. The molecule has 0 aliphatic carbocycles. The van der Waals surface area contributed by atoms with Crippen molar-refractivity contribution in [2.75, 3.05) is 11.9 Å². The largest absolute Gasteiger partial charge is 0.451 e. The average molecular weight is 289 g/mol. The van der Waals surface area contributed by atoms with Crippen molar-refractivity contribution in [2.45, 2.75) is 33.3 Å². The van der Waals surface area contributed by atoms with E-state index < -0.39 is 5.60 Å². The minimum atomic E-state index is -0.404. The van der Waals surface area contributed by atoms with Gasteiger partial charge in [-0.05, 0) is 32.9 Å². The van der Waals surface area contributed by atoms with Crippen LogP contribution < -0.4 is 5.32 Å². The first kappa shape index (κ1) is 15.3. The fourth-order valence-electron chi connectivity index (χ4n) is 1.88. The Morgan fingerprint density at radius 2 is 1.90 bits per heavy atom. The number of fused-ring (bicyclic) bond motifs is 1. The lowest BCUT2D eigenvalue weighted by Gasteiger charge is -2.18. The van der Waals surface area contributed by atoms with Gasteiger partial charge >= 0.3 is 0 Å². The van der Waals surface area contributed by atoms with Crippen LogP contribution in [0.5, 0.6) is 0 Å². The molecule has 1 N–H and O–H groups in total. The first-order valence-corrected chi connectivity index (χ1v) is 6.74. The van der Waals surface area contributed by atoms with Gasteiger partial charge in [0.1, 0.15) is 12.2 Å². The van der Waals surface area contributed by atoms with Gasteiger partial charge in [-0.2, -0.15) is 0 Å². The van der Waals surface area contributed by atoms with Gasteiger partial charge in [-0.15, -0.1) is 0 Å². The number of hydrogen-bond donors (Lipinski definition) is 1. The number of furan rings is 1. The molecule has 1 aromatic carbocycles. The second kappa shape index (κ2) is 5.69. The zero-order valence-corrected chi connectivity index (χ0v) is 12.6. The molecule has 0 spiro atoms. The van der Waals surface area contributed by atoms with Gasteiger partial charge in [0.25, 0.3) is 5.91 Å². The van der Waals surface area contributed by atoms with Gasteiger partial charge in [0.15, 0.2) is 11.5 Å². The number of rotatable bonds is 4. The molecule has 0 unspecified atom stereocenters. The molecule has 2 aromatic rings. The van der Waals surface area contributed by atoms with Gasteiger partial charge in [0.05, 0.1) is 11.3 Å². The highest BCUT2D eigenvalue weighted by Crippen LogP contribution is 2.31. The molecule has 0 atom stereocenters. The average Bonchev–Trinajstić information content (AvgIpc) is 2.75. The summed E-state index contributed by atoms with van der Waals surface area (Å²) in [6.45, 7) is 6.93. The van der Waals surface area contributed by atoms with Crippen LogP contribution in [-0.2, 0) is 9.53 Å². The smallest absolute Gasteiger partial charge is 0.250 e. The van der Waals surface area contributed by atoms with E-state index in [0.717, 1.165) is 0 Å². The van der Waals surface area contributed by atoms with Gasteiger partial charge in [0, 0.05) is 12.3 Å². The molecule has 21 heavy (non-hydrogen) atoms. The number of para-hydroxylation sites is 1. The molecule has 0 radical (unpaired) electrons. The minimum Gasteiger partial charge on any atom is -0.451 e. The maximum atomic E-state index is 12.0. The van der Waals surface area contributed by atoms with Gasteiger partial charge in [-0.25, -0.2) is 0 Å². The summed E-state index contributed by atoms with van der Waals surface area (Å²) in [5.41, 5.74) is 0.564. The van der Waals surface area contributed by atoms with Crippen molar-refractivity contribution in [3.05, 3.63) is 30.0 Å². The van der Waals surface area contributed by atoms with Crippen molar-refractivity contribution in [3.63, 3.8) is 0 Å². The van der Waals surface area contributed by atoms with E-state index in [2.05, 4.69) is 5.32 Å². The summed E-state index contributed by atoms with van der Waals surface area (Å²) in [6, 6.07) is 7.18. The maximum Gasteiger partial charge on any atom is 0.250 e. The van der Waals surface area contributed by atoms with E-state index in [0.29, 0.717) is 16.7 Å². The fraction of sp³-hybridized carbons (Fsp3) is 0.375. The minimum absolute atomic E-state index is 0.0830. The Morgan fingerprint density at radius 1 is 1.24 bits per heavy atom. The van der Waals surface area contributed by atoms with E-state index in [4.69, 9.17) is 9.15 Å². The molecule has 0 aliphatic heterocycles. The Balaban J connectivity index is 2.26. The molecular weight excluding hydrogens is 270 g/mol. The third kappa shape index (κ3) is 3.70. The summed E-state index contributed by atoms with van der Waals surface area (Å²) in [7, 11) is 0. The Hall–Kier alpha value is -2.14. The lowest BCUT2D eigenvalue weighted by molar-refractivity contribution is -0.125. The number of anilines is 1. The molecule has 1 aromatic heterocycles. The van der Waals surface area contributed by atoms with Crippen LogP contribution in [-0.4, -0.2) is 23.9 Å². The molecular formula is C16H19NO4. The monoisotopic (exact) mass is 289 g/mol. The third-order valence-corrected chi connectivity index (χ3v) is 2.82. The summed E-state index contributed by atoms with van der Waals surface area (Å²) < 4.78 is 10.9. The summed E-state index contributed by atoms with van der Waals surface area (Å²) in [4.78, 5) is 23.6. The van der Waals surface area contributed by atoms with E-state index in [1.807, 2.05) is 32.9 Å². The highest BCUT2D eigenvalue weighted by molar-refractivity contribution is 6.10. The van der Waals surface area contributed by atoms with E-state index in [-0.39, 0.29) is 24.1 Å². The summed E-state index contributed by atoms with van der Waals surface area (Å²) >= 11 is 0. The highest BCUT2D eigenvalue weighted by atomic mass is 16.5. The predicted octanol–water partition coefficient (Wildman–Crippen LogP) is 3.39. The van der Waals surface area contributed by atoms with Crippen molar-refractivity contribution in [3.8, 4) is 0 Å². The Morgan fingerprint density at radius 3 is 2.52 bits per heavy atom. The van der Waals surface area contributed by atoms with Gasteiger partial charge in [-0.3, -0.25) is 9.59 Å². The first-order chi connectivity index (χ1) is 9.78. The van der Waals surface area contributed by atoms with E-state index >= 15 is 0 Å². The van der Waals surface area contributed by atoms with Crippen LogP contribution >= 0.6 is 0 Å². The standard InChI is InChI=1S/C16H19NO4/c1-10(18)15-14(11-7-5-6-8-12(11)21-15)17-13(19)9-20-16(2,3)4/h5-8H,9H2,1-4H3,(H,17,19). The van der Waals surface area contributed by atoms with E-state index in [1.54, 1.807) is 12.1 Å². The molecule has 1 heterocycles. The zero-order chi connectivity index (χ0) is 15.6. The summed E-state index contributed by atoms with van der Waals surface area (Å²) in [5, 5.41) is 3.41. The molecule has 0 bridgehead atoms. The summed E-state index contributed by atoms with van der Waals surface area (Å²) in [6.07, 6.45) is 0. The number of amides is 1. The van der Waals surface area contributed by atoms with Crippen molar-refractivity contribution in [1.82, 2.24) is 0 Å². The normalized spacial score (nSPS) is 11.6. The molecule has 1 amide bonds. The van der Waals surface area contributed by atoms with Crippen LogP contribution in [0.2, 0.25) is 0 Å². The molecule has 0 fully saturated rings. The second-order valence-corrected chi connectivity index (χ2v) is 5.81. The number of benzene rings is 1. The number of ether oxygens (including phenoxy) is 1. The lowest BCUT2D eigenvalue weighted by Crippen LogP contribution is -2.27. The number of ketones is 1. The number of Topliss-reactive ketones (excluding diaryl/α,β-unsaturated/α-hetero) is 1. The first-order valence-electron chi connectivity index (χ1n) is 6.74. The van der Waals surface area contributed by atoms with E-state index in [1.165, 1.54) is 6.92 Å². The van der Waals surface area contributed by atoms with Crippen molar-refractivity contribution >= 4 is 28.3 Å². The molecule has 5 heteroatoms. The predicted molar refractivity (Wildman–Crippen MR) is 80.6 cm³/mol. The zero-order valence-electron chi connectivity index (χ0n) is 12.6. The van der Waals surface area contributed by atoms with Crippen LogP contribution in [0.1, 0.15) is 38.2 Å². The molecule has 5 nitrogen and oxygen atoms in total. The molecule has 0 saturated carbocycles. The van der Waals surface area contributed by atoms with Crippen LogP contribution in [0, 0.1) is 0 Å². The molecule has 0 aliphatic rings. The Bertz CT molecular complexity index is 679. The fourth-order valence-corrected chi connectivity index (χ4v) is 1.88. The van der Waals surface area contributed by atoms with Crippen LogP contribution in [0.15, 0.2) is 28.7 Å². The third-order valence-electron chi connectivity index (χ3n) is 2.82. The Labute approximate surface area is 123 Å². The van der Waals surface area contributed by atoms with E-state index in [9.17, 15) is 9.59 Å². The van der Waals surface area contributed by atoms with Crippen LogP contribution in [0.3, 0.4) is 0 Å². The van der Waals surface area contributed by atoms with Crippen LogP contribution in [0.4, 0.5) is 5.69 Å². The van der Waals surface area contributed by atoms with Gasteiger partial charge in [0.2, 0.25) is 0 Å². The summed E-state index contributed by atoms with van der Waals surface area (Å²) in [5.74, 6) is -0.405. The number of carbonyl (C=O) groups excluding carboxylic acids is 2. The Kier molecular flexibility index (Phi) is 4.14. The SMILES string of the molecule is CC(=O)c1oc2ccccc2c1NC(=O)COC(C)(C)C. The second-order valence-electron chi connectivity index (χ2n) is 5.81.